The quantitative estimate of drug-likeness (QED) is 0.232. The summed E-state index contributed by atoms with van der Waals surface area (Å²) in [5.41, 5.74) is 22.3. The zero-order chi connectivity index (χ0) is 20.7. The second-order valence-electron chi connectivity index (χ2n) is 7.05. The van der Waals surface area contributed by atoms with Gasteiger partial charge in [-0.05, 0) is 38.3 Å². The van der Waals surface area contributed by atoms with Crippen LogP contribution in [0.5, 0.6) is 0 Å². The number of rotatable bonds is 8. The molecule has 0 atom stereocenters. The highest BCUT2D eigenvalue weighted by molar-refractivity contribution is 6.31. The van der Waals surface area contributed by atoms with Crippen molar-refractivity contribution in [3.63, 3.8) is 0 Å². The minimum Gasteiger partial charge on any atom is -0.382 e. The molecule has 1 fully saturated rings. The topological polar surface area (TPSA) is 177 Å². The molecular formula is C17H30ClN9O. The molecular weight excluding hydrogens is 382 g/mol. The number of carbonyl (C=O) groups excluding carboxylic acids is 1. The van der Waals surface area contributed by atoms with Gasteiger partial charge in [0.05, 0.1) is 0 Å². The number of likely N-dealkylation sites (tertiary alicyclic amines) is 1. The first kappa shape index (κ1) is 22.1. The summed E-state index contributed by atoms with van der Waals surface area (Å²) in [6.07, 6.45) is 5.11. The molecule has 28 heavy (non-hydrogen) atoms. The van der Waals surface area contributed by atoms with Crippen molar-refractivity contribution >= 4 is 35.1 Å². The molecule has 0 spiro atoms. The third kappa shape index (κ3) is 5.91. The Kier molecular flexibility index (Phi) is 8.21. The number of nitrogen functional groups attached to an aromatic ring is 2. The number of anilines is 2. The molecule has 11 heteroatoms. The molecule has 2 heterocycles. The van der Waals surface area contributed by atoms with Crippen molar-refractivity contribution < 1.29 is 4.79 Å². The van der Waals surface area contributed by atoms with Crippen molar-refractivity contribution in [1.29, 1.82) is 5.41 Å². The Morgan fingerprint density at radius 2 is 1.89 bits per heavy atom. The first-order valence-electron chi connectivity index (χ1n) is 9.50. The van der Waals surface area contributed by atoms with Crippen LogP contribution in [0.3, 0.4) is 0 Å². The molecule has 0 radical (unpaired) electrons. The molecule has 0 saturated carbocycles. The van der Waals surface area contributed by atoms with Crippen LogP contribution in [0.4, 0.5) is 11.6 Å². The maximum Gasteiger partial charge on any atom is 0.283 e. The van der Waals surface area contributed by atoms with Gasteiger partial charge in [0.25, 0.3) is 5.91 Å². The number of nitrogens with two attached hydrogens (primary N) is 4. The molecule has 1 aromatic rings. The second-order valence-corrected chi connectivity index (χ2v) is 7.40. The van der Waals surface area contributed by atoms with Gasteiger partial charge >= 0.3 is 0 Å². The number of unbranched alkanes of at least 4 members (excludes halogenated alkanes) is 1. The standard InChI is InChI=1S/C17H30ClN9O/c18-13-15(21)25-14(20)12(24-13)16(28)27(17(22)23)7-2-1-3-11-4-8-26(9-5-11)10-6-19/h11H,1-10,19H2,(H3,22,23)(H4,20,21,25). The number of nitrogens with zero attached hydrogens (tertiary/aromatic N) is 4. The summed E-state index contributed by atoms with van der Waals surface area (Å²) in [5.74, 6) is -0.471. The summed E-state index contributed by atoms with van der Waals surface area (Å²) < 4.78 is 0. The van der Waals surface area contributed by atoms with Crippen molar-refractivity contribution in [1.82, 2.24) is 19.8 Å². The van der Waals surface area contributed by atoms with E-state index in [1.165, 1.54) is 12.8 Å². The molecule has 1 aliphatic heterocycles. The summed E-state index contributed by atoms with van der Waals surface area (Å²) in [5, 5.41) is 7.60. The number of piperidine rings is 1. The zero-order valence-corrected chi connectivity index (χ0v) is 16.8. The number of halogens is 1. The lowest BCUT2D eigenvalue weighted by Crippen LogP contribution is -2.42. The van der Waals surface area contributed by atoms with E-state index in [9.17, 15) is 4.79 Å². The summed E-state index contributed by atoms with van der Waals surface area (Å²) in [6.45, 7) is 4.16. The average Bonchev–Trinajstić information content (AvgIpc) is 2.65. The third-order valence-electron chi connectivity index (χ3n) is 5.04. The van der Waals surface area contributed by atoms with Crippen LogP contribution in [0.15, 0.2) is 0 Å². The summed E-state index contributed by atoms with van der Waals surface area (Å²) in [6, 6.07) is 0. The van der Waals surface area contributed by atoms with E-state index in [1.54, 1.807) is 0 Å². The van der Waals surface area contributed by atoms with Gasteiger partial charge in [0, 0.05) is 19.6 Å². The zero-order valence-electron chi connectivity index (χ0n) is 16.0. The minimum atomic E-state index is -0.602. The first-order valence-corrected chi connectivity index (χ1v) is 9.88. The van der Waals surface area contributed by atoms with Crippen LogP contribution in [0.2, 0.25) is 5.15 Å². The Balaban J connectivity index is 1.84. The summed E-state index contributed by atoms with van der Waals surface area (Å²) in [4.78, 5) is 23.9. The van der Waals surface area contributed by atoms with E-state index in [1.807, 2.05) is 0 Å². The predicted octanol–water partition coefficient (Wildman–Crippen LogP) is 0.471. The number of aromatic nitrogens is 2. The fraction of sp³-hybridized carbons (Fsp3) is 0.647. The molecule has 1 aromatic heterocycles. The minimum absolute atomic E-state index is 0.0531. The Bertz CT molecular complexity index is 691. The third-order valence-corrected chi connectivity index (χ3v) is 5.32. The van der Waals surface area contributed by atoms with Crippen LogP contribution in [0.1, 0.15) is 42.6 Å². The van der Waals surface area contributed by atoms with E-state index in [-0.39, 0.29) is 28.4 Å². The fourth-order valence-corrected chi connectivity index (χ4v) is 3.57. The molecule has 2 rings (SSSR count). The molecule has 0 aromatic carbocycles. The number of hydrogen-bond acceptors (Lipinski definition) is 8. The lowest BCUT2D eigenvalue weighted by Gasteiger charge is -2.31. The number of nitrogens with one attached hydrogen (secondary N) is 1. The van der Waals surface area contributed by atoms with Gasteiger partial charge in [0.15, 0.2) is 28.4 Å². The van der Waals surface area contributed by atoms with E-state index >= 15 is 0 Å². The van der Waals surface area contributed by atoms with Crippen molar-refractivity contribution in [2.75, 3.05) is 44.2 Å². The maximum atomic E-state index is 12.7. The molecule has 1 saturated heterocycles. The first-order chi connectivity index (χ1) is 13.3. The molecule has 10 nitrogen and oxygen atoms in total. The van der Waals surface area contributed by atoms with Crippen LogP contribution in [0, 0.1) is 11.3 Å². The van der Waals surface area contributed by atoms with Gasteiger partial charge in [-0.25, -0.2) is 9.97 Å². The smallest absolute Gasteiger partial charge is 0.283 e. The highest BCUT2D eigenvalue weighted by Gasteiger charge is 2.24. The van der Waals surface area contributed by atoms with Crippen LogP contribution < -0.4 is 22.9 Å². The van der Waals surface area contributed by atoms with Crippen LogP contribution in [-0.2, 0) is 0 Å². The van der Waals surface area contributed by atoms with E-state index in [4.69, 9.17) is 39.9 Å². The Hall–Kier alpha value is -2.17. The predicted molar refractivity (Wildman–Crippen MR) is 111 cm³/mol. The molecule has 156 valence electrons. The Morgan fingerprint density at radius 1 is 1.21 bits per heavy atom. The monoisotopic (exact) mass is 411 g/mol. The molecule has 1 aliphatic rings. The average molecular weight is 412 g/mol. The van der Waals surface area contributed by atoms with Crippen molar-refractivity contribution in [3.05, 3.63) is 10.8 Å². The second kappa shape index (κ2) is 10.4. The van der Waals surface area contributed by atoms with E-state index < -0.39 is 5.91 Å². The molecule has 1 amide bonds. The van der Waals surface area contributed by atoms with Gasteiger partial charge < -0.3 is 27.8 Å². The summed E-state index contributed by atoms with van der Waals surface area (Å²) in [7, 11) is 0. The normalized spacial score (nSPS) is 15.5. The van der Waals surface area contributed by atoms with Gasteiger partial charge in [0.2, 0.25) is 0 Å². The Morgan fingerprint density at radius 3 is 2.50 bits per heavy atom. The number of amides is 1. The SMILES string of the molecule is N=C(N)N(CCCCC1CCN(CCN)CC1)C(=O)c1nc(Cl)c(N)nc1N. The highest BCUT2D eigenvalue weighted by Crippen LogP contribution is 2.23. The Labute approximate surface area is 170 Å². The molecule has 0 aliphatic carbocycles. The van der Waals surface area contributed by atoms with Crippen LogP contribution in [0.25, 0.3) is 0 Å². The van der Waals surface area contributed by atoms with Crippen molar-refractivity contribution in [2.24, 2.45) is 17.4 Å². The van der Waals surface area contributed by atoms with Gasteiger partial charge in [-0.3, -0.25) is 15.1 Å². The molecule has 0 bridgehead atoms. The summed E-state index contributed by atoms with van der Waals surface area (Å²) >= 11 is 5.84. The molecule has 9 N–H and O–H groups in total. The lowest BCUT2D eigenvalue weighted by molar-refractivity contribution is 0.0837. The van der Waals surface area contributed by atoms with E-state index in [0.717, 1.165) is 43.8 Å². The number of hydrogen-bond donors (Lipinski definition) is 5. The molecule has 0 unspecified atom stereocenters. The largest absolute Gasteiger partial charge is 0.382 e. The van der Waals surface area contributed by atoms with Crippen LogP contribution >= 0.6 is 11.6 Å². The van der Waals surface area contributed by atoms with Gasteiger partial charge in [-0.2, -0.15) is 0 Å². The maximum absolute atomic E-state index is 12.7. The van der Waals surface area contributed by atoms with E-state index in [2.05, 4.69) is 14.9 Å². The highest BCUT2D eigenvalue weighted by atomic mass is 35.5. The van der Waals surface area contributed by atoms with Crippen LogP contribution in [-0.4, -0.2) is 64.4 Å². The van der Waals surface area contributed by atoms with E-state index in [0.29, 0.717) is 19.0 Å². The fourth-order valence-electron chi connectivity index (χ4n) is 3.44. The number of guanidine groups is 1. The number of carbonyl (C=O) groups is 1. The van der Waals surface area contributed by atoms with Crippen molar-refractivity contribution in [3.8, 4) is 0 Å². The van der Waals surface area contributed by atoms with Crippen molar-refractivity contribution in [2.45, 2.75) is 32.1 Å². The lowest BCUT2D eigenvalue weighted by atomic mass is 9.91. The van der Waals surface area contributed by atoms with Gasteiger partial charge in [-0.15, -0.1) is 0 Å². The van der Waals surface area contributed by atoms with Gasteiger partial charge in [-0.1, -0.05) is 24.4 Å². The van der Waals surface area contributed by atoms with Gasteiger partial charge in [0.1, 0.15) is 0 Å².